The quantitative estimate of drug-likeness (QED) is 0.0705. The molecule has 0 aromatic heterocycles. The van der Waals surface area contributed by atoms with Crippen molar-refractivity contribution in [2.24, 2.45) is 46.3 Å². The minimum Gasteiger partial charge on any atom is -0.462 e. The summed E-state index contributed by atoms with van der Waals surface area (Å²) in [6, 6.07) is 0. The zero-order valence-corrected chi connectivity index (χ0v) is 31.5. The molecule has 1 amide bonds. The summed E-state index contributed by atoms with van der Waals surface area (Å²) in [7, 11) is -4.09. The van der Waals surface area contributed by atoms with E-state index in [9.17, 15) is 23.1 Å². The van der Waals surface area contributed by atoms with Crippen LogP contribution in [-0.2, 0) is 24.4 Å². The van der Waals surface area contributed by atoms with Crippen molar-refractivity contribution >= 4 is 22.0 Å². The molecule has 4 rings (SSSR count). The van der Waals surface area contributed by atoms with Gasteiger partial charge >= 0.3 is 5.97 Å². The van der Waals surface area contributed by atoms with Crippen molar-refractivity contribution in [2.45, 2.75) is 175 Å². The molecule has 0 aromatic carbocycles. The van der Waals surface area contributed by atoms with Gasteiger partial charge in [-0.05, 0) is 111 Å². The predicted molar refractivity (Wildman–Crippen MR) is 191 cm³/mol. The van der Waals surface area contributed by atoms with Crippen LogP contribution in [0.2, 0.25) is 0 Å². The van der Waals surface area contributed by atoms with Crippen LogP contribution in [0.4, 0.5) is 0 Å². The maximum atomic E-state index is 12.8. The van der Waals surface area contributed by atoms with Crippen LogP contribution in [0.1, 0.15) is 163 Å². The van der Waals surface area contributed by atoms with E-state index in [0.29, 0.717) is 48.9 Å². The Morgan fingerprint density at radius 2 is 1.54 bits per heavy atom. The summed E-state index contributed by atoms with van der Waals surface area (Å²) in [6.07, 6.45) is 22.2. The maximum Gasteiger partial charge on any atom is 0.306 e. The number of nitrogens with one attached hydrogen (secondary N) is 1. The van der Waals surface area contributed by atoms with E-state index < -0.39 is 15.9 Å². The molecule has 0 bridgehead atoms. The predicted octanol–water partition coefficient (Wildman–Crippen LogP) is 8.26. The fourth-order valence-corrected chi connectivity index (χ4v) is 11.6. The van der Waals surface area contributed by atoms with Gasteiger partial charge in [0.05, 0.1) is 11.9 Å². The van der Waals surface area contributed by atoms with E-state index in [0.717, 1.165) is 51.4 Å². The largest absolute Gasteiger partial charge is 0.462 e. The second-order valence-corrected chi connectivity index (χ2v) is 18.5. The molecule has 4 aliphatic carbocycles. The van der Waals surface area contributed by atoms with Crippen LogP contribution in [0.15, 0.2) is 0 Å². The van der Waals surface area contributed by atoms with Crippen LogP contribution in [0.25, 0.3) is 0 Å². The van der Waals surface area contributed by atoms with Gasteiger partial charge in [-0.1, -0.05) is 85.5 Å². The van der Waals surface area contributed by atoms with Crippen molar-refractivity contribution in [3.63, 3.8) is 0 Å². The number of amides is 1. The molecule has 0 spiro atoms. The fraction of sp³-hybridized carbons (Fsp3) is 0.949. The zero-order chi connectivity index (χ0) is 35.0. The number of aliphatic hydroxyl groups is 1. The topological polar surface area (TPSA) is 130 Å². The Labute approximate surface area is 292 Å². The minimum atomic E-state index is -4.09. The molecule has 0 heterocycles. The average molecular weight is 696 g/mol. The third-order valence-electron chi connectivity index (χ3n) is 14.0. The van der Waals surface area contributed by atoms with Crippen LogP contribution in [0.5, 0.6) is 0 Å². The molecule has 0 aromatic rings. The molecule has 0 aliphatic heterocycles. The van der Waals surface area contributed by atoms with E-state index in [1.165, 1.54) is 64.2 Å². The van der Waals surface area contributed by atoms with E-state index in [-0.39, 0.29) is 47.4 Å². The number of hydrogen-bond acceptors (Lipinski definition) is 6. The Morgan fingerprint density at radius 3 is 2.21 bits per heavy atom. The summed E-state index contributed by atoms with van der Waals surface area (Å²) >= 11 is 0. The van der Waals surface area contributed by atoms with Crippen molar-refractivity contribution < 1.29 is 32.4 Å². The average Bonchev–Trinajstić information content (AvgIpc) is 3.39. The number of fused-ring (bicyclic) bond motifs is 5. The third-order valence-corrected chi connectivity index (χ3v) is 14.7. The molecule has 10 atom stereocenters. The summed E-state index contributed by atoms with van der Waals surface area (Å²) < 4.78 is 36.9. The minimum absolute atomic E-state index is 0.0117. The van der Waals surface area contributed by atoms with Crippen LogP contribution < -0.4 is 5.32 Å². The molecule has 0 saturated heterocycles. The number of hydrogen-bond donors (Lipinski definition) is 3. The van der Waals surface area contributed by atoms with E-state index in [4.69, 9.17) is 9.29 Å². The summed E-state index contributed by atoms with van der Waals surface area (Å²) in [6.45, 7) is 9.17. The molecule has 3 N–H and O–H groups in total. The van der Waals surface area contributed by atoms with Gasteiger partial charge in [-0.25, -0.2) is 0 Å². The van der Waals surface area contributed by atoms with Crippen molar-refractivity contribution in [3.8, 4) is 0 Å². The van der Waals surface area contributed by atoms with Gasteiger partial charge < -0.3 is 15.2 Å². The van der Waals surface area contributed by atoms with Crippen LogP contribution in [-0.4, -0.2) is 54.5 Å². The van der Waals surface area contributed by atoms with Crippen LogP contribution in [0.3, 0.4) is 0 Å². The van der Waals surface area contributed by atoms with Gasteiger partial charge in [-0.3, -0.25) is 14.1 Å². The Bertz CT molecular complexity index is 1150. The van der Waals surface area contributed by atoms with Crippen molar-refractivity contribution in [2.75, 3.05) is 12.3 Å². The molecule has 4 fully saturated rings. The highest BCUT2D eigenvalue weighted by Gasteiger charge is 2.63. The summed E-state index contributed by atoms with van der Waals surface area (Å²) in [5.74, 6) is 2.06. The van der Waals surface area contributed by atoms with Crippen molar-refractivity contribution in [3.05, 3.63) is 0 Å². The number of carbonyl (C=O) groups is 2. The first kappa shape index (κ1) is 39.6. The summed E-state index contributed by atoms with van der Waals surface area (Å²) in [4.78, 5) is 25.1. The number of unbranched alkanes of at least 4 members (excludes halogenated alkanes) is 9. The highest BCUT2D eigenvalue weighted by Crippen LogP contribution is 2.68. The smallest absolute Gasteiger partial charge is 0.306 e. The number of carbonyl (C=O) groups excluding carboxylic acids is 2. The van der Waals surface area contributed by atoms with E-state index in [1.807, 2.05) is 0 Å². The SMILES string of the molecule is CCCCCCCCCCCCC(=O)OC1CCC2(C)C(CCC3C2CC(O)C2(C)C(C(C)CCC(=O)NCCS(=O)(=O)O)CCC32)C1. The second-order valence-electron chi connectivity index (χ2n) is 16.9. The van der Waals surface area contributed by atoms with Crippen molar-refractivity contribution in [1.29, 1.82) is 0 Å². The Kier molecular flexibility index (Phi) is 14.7. The summed E-state index contributed by atoms with van der Waals surface area (Å²) in [5, 5.41) is 14.5. The van der Waals surface area contributed by atoms with E-state index in [2.05, 4.69) is 33.0 Å². The molecular weight excluding hydrogens is 626 g/mol. The second kappa shape index (κ2) is 17.8. The van der Waals surface area contributed by atoms with Gasteiger partial charge in [0.1, 0.15) is 6.10 Å². The van der Waals surface area contributed by atoms with Gasteiger partial charge in [0, 0.05) is 19.4 Å². The Hall–Kier alpha value is -1.19. The lowest BCUT2D eigenvalue weighted by Gasteiger charge is -2.62. The van der Waals surface area contributed by atoms with Gasteiger partial charge in [-0.2, -0.15) is 8.42 Å². The highest BCUT2D eigenvalue weighted by molar-refractivity contribution is 7.85. The van der Waals surface area contributed by atoms with E-state index in [1.54, 1.807) is 0 Å². The number of aliphatic hydroxyl groups excluding tert-OH is 1. The molecule has 9 heteroatoms. The first-order chi connectivity index (χ1) is 22.8. The third kappa shape index (κ3) is 9.98. The number of esters is 1. The van der Waals surface area contributed by atoms with Gasteiger partial charge in [0.25, 0.3) is 10.1 Å². The molecule has 4 aliphatic rings. The lowest BCUT2D eigenvalue weighted by Crippen LogP contribution is -2.59. The lowest BCUT2D eigenvalue weighted by molar-refractivity contribution is -0.181. The number of rotatable bonds is 19. The first-order valence-electron chi connectivity index (χ1n) is 19.9. The maximum absolute atomic E-state index is 12.8. The standard InChI is InChI=1S/C39H69NO7S/c1-5-6-7-8-9-10-11-12-13-14-15-37(43)47-30-22-23-38(3)29(26-30)17-18-31-33-20-19-32(39(33,4)35(41)27-34(31)38)28(2)16-21-36(42)40-24-25-48(44,45)46/h28-35,41H,5-27H2,1-4H3,(H,40,42)(H,44,45,46). The molecule has 4 saturated carbocycles. The Morgan fingerprint density at radius 1 is 0.875 bits per heavy atom. The monoisotopic (exact) mass is 695 g/mol. The normalized spacial score (nSPS) is 35.2. The molecule has 10 unspecified atom stereocenters. The summed E-state index contributed by atoms with van der Waals surface area (Å²) in [5.41, 5.74) is 0.0150. The fourth-order valence-electron chi connectivity index (χ4n) is 11.2. The molecule has 278 valence electrons. The van der Waals surface area contributed by atoms with E-state index >= 15 is 0 Å². The Balaban J connectivity index is 1.22. The van der Waals surface area contributed by atoms with Crippen LogP contribution >= 0.6 is 0 Å². The van der Waals surface area contributed by atoms with Crippen molar-refractivity contribution in [1.82, 2.24) is 5.32 Å². The molecule has 48 heavy (non-hydrogen) atoms. The molecule has 8 nitrogen and oxygen atoms in total. The molecule has 0 radical (unpaired) electrons. The number of ether oxygens (including phenoxy) is 1. The highest BCUT2D eigenvalue weighted by atomic mass is 32.2. The van der Waals surface area contributed by atoms with Gasteiger partial charge in [-0.15, -0.1) is 0 Å². The lowest BCUT2D eigenvalue weighted by atomic mass is 9.43. The van der Waals surface area contributed by atoms with Gasteiger partial charge in [0.2, 0.25) is 5.91 Å². The van der Waals surface area contributed by atoms with Gasteiger partial charge in [0.15, 0.2) is 0 Å². The molecular formula is C39H69NO7S. The first-order valence-corrected chi connectivity index (χ1v) is 21.5. The zero-order valence-electron chi connectivity index (χ0n) is 30.7. The van der Waals surface area contributed by atoms with Crippen LogP contribution in [0, 0.1) is 46.3 Å².